The van der Waals surface area contributed by atoms with E-state index in [1.54, 1.807) is 6.33 Å². The number of aryl methyl sites for hydroxylation is 2. The number of hydrogen-bond donors (Lipinski definition) is 2. The molecule has 0 aliphatic carbocycles. The lowest BCUT2D eigenvalue weighted by atomic mass is 10.1. The van der Waals surface area contributed by atoms with Crippen molar-refractivity contribution in [1.82, 2.24) is 24.6 Å². The van der Waals surface area contributed by atoms with Gasteiger partial charge in [-0.25, -0.2) is 20.0 Å². The zero-order valence-corrected chi connectivity index (χ0v) is 20.7. The Morgan fingerprint density at radius 1 is 1.18 bits per heavy atom. The number of nitrogen functional groups attached to an aromatic ring is 1. The maximum atomic E-state index is 13.9. The Morgan fingerprint density at radius 2 is 1.88 bits per heavy atom. The van der Waals surface area contributed by atoms with Crippen LogP contribution >= 0.6 is 7.52 Å². The molecule has 3 unspecified atom stereocenters. The normalized spacial score (nSPS) is 18.1. The van der Waals surface area contributed by atoms with Crippen molar-refractivity contribution >= 4 is 24.5 Å². The van der Waals surface area contributed by atoms with E-state index in [4.69, 9.17) is 24.5 Å². The average molecular weight is 491 g/mol. The Morgan fingerprint density at radius 3 is 2.59 bits per heavy atom. The number of nitrogens with two attached hydrogens (primary N) is 1. The van der Waals surface area contributed by atoms with E-state index >= 15 is 0 Å². The van der Waals surface area contributed by atoms with Gasteiger partial charge in [0.05, 0.1) is 38.2 Å². The summed E-state index contributed by atoms with van der Waals surface area (Å²) in [5, 5.41) is 3.08. The predicted octanol–water partition coefficient (Wildman–Crippen LogP) is 3.01. The molecule has 1 aliphatic heterocycles. The van der Waals surface area contributed by atoms with Crippen molar-refractivity contribution in [2.24, 2.45) is 0 Å². The molecule has 12 heteroatoms. The van der Waals surface area contributed by atoms with Gasteiger partial charge in [-0.05, 0) is 51.0 Å². The Labute approximate surface area is 198 Å². The molecule has 0 saturated carbocycles. The SMILES string of the molecule is Cc1cc(C)cc(OP(=O)(COC(C)Cn2cnc3c(N)ncnc32)NC(C)C2OCCO2)c1. The van der Waals surface area contributed by atoms with Crippen molar-refractivity contribution in [2.45, 2.75) is 52.7 Å². The van der Waals surface area contributed by atoms with Crippen LogP contribution in [0.15, 0.2) is 30.9 Å². The first-order valence-electron chi connectivity index (χ1n) is 11.1. The van der Waals surface area contributed by atoms with Gasteiger partial charge in [-0.1, -0.05) is 6.07 Å². The van der Waals surface area contributed by atoms with E-state index < -0.39 is 13.8 Å². The number of rotatable bonds is 10. The minimum Gasteiger partial charge on any atom is -0.431 e. The van der Waals surface area contributed by atoms with Crippen molar-refractivity contribution < 1.29 is 23.3 Å². The Hall–Kier alpha value is -2.56. The van der Waals surface area contributed by atoms with Gasteiger partial charge in [-0.2, -0.15) is 0 Å². The number of ether oxygens (including phenoxy) is 3. The van der Waals surface area contributed by atoms with Crippen molar-refractivity contribution in [3.8, 4) is 5.75 Å². The topological polar surface area (TPSA) is 136 Å². The van der Waals surface area contributed by atoms with E-state index in [1.165, 1.54) is 6.33 Å². The van der Waals surface area contributed by atoms with Crippen molar-refractivity contribution in [1.29, 1.82) is 0 Å². The number of nitrogens with zero attached hydrogens (tertiary/aromatic N) is 4. The number of fused-ring (bicyclic) bond motifs is 1. The summed E-state index contributed by atoms with van der Waals surface area (Å²) in [5.74, 6) is 0.830. The summed E-state index contributed by atoms with van der Waals surface area (Å²) in [5.41, 5.74) is 9.04. The highest BCUT2D eigenvalue weighted by Crippen LogP contribution is 2.45. The van der Waals surface area contributed by atoms with Gasteiger partial charge >= 0.3 is 7.52 Å². The van der Waals surface area contributed by atoms with Crippen LogP contribution in [-0.2, 0) is 25.3 Å². The van der Waals surface area contributed by atoms with Crippen LogP contribution in [0.4, 0.5) is 5.82 Å². The summed E-state index contributed by atoms with van der Waals surface area (Å²) in [4.78, 5) is 12.5. The Balaban J connectivity index is 1.47. The number of anilines is 1. The van der Waals surface area contributed by atoms with Crippen LogP contribution < -0.4 is 15.3 Å². The maximum absolute atomic E-state index is 13.9. The highest BCUT2D eigenvalue weighted by atomic mass is 31.2. The molecule has 2 aromatic heterocycles. The molecule has 3 atom stereocenters. The second-order valence-corrected chi connectivity index (χ2v) is 10.6. The van der Waals surface area contributed by atoms with E-state index in [0.29, 0.717) is 42.5 Å². The third-order valence-electron chi connectivity index (χ3n) is 5.32. The number of benzene rings is 1. The lowest BCUT2D eigenvalue weighted by molar-refractivity contribution is -0.0592. The fourth-order valence-electron chi connectivity index (χ4n) is 3.87. The number of aromatic nitrogens is 4. The molecule has 0 amide bonds. The highest BCUT2D eigenvalue weighted by Gasteiger charge is 2.33. The van der Waals surface area contributed by atoms with Gasteiger partial charge in [0.2, 0.25) is 0 Å². The van der Waals surface area contributed by atoms with Crippen molar-refractivity contribution in [3.63, 3.8) is 0 Å². The number of imidazole rings is 1. The molecule has 3 aromatic rings. The van der Waals surface area contributed by atoms with Crippen LogP contribution in [0.2, 0.25) is 0 Å². The fraction of sp³-hybridized carbons (Fsp3) is 0.500. The third-order valence-corrected chi connectivity index (χ3v) is 7.11. The molecule has 4 rings (SSSR count). The highest BCUT2D eigenvalue weighted by molar-refractivity contribution is 7.57. The average Bonchev–Trinajstić information content (AvgIpc) is 3.43. The number of nitrogens with one attached hydrogen (secondary N) is 1. The number of hydrogen-bond acceptors (Lipinski definition) is 9. The molecule has 3 N–H and O–H groups in total. The van der Waals surface area contributed by atoms with E-state index in [1.807, 2.05) is 50.5 Å². The molecular weight excluding hydrogens is 459 g/mol. The standard InChI is InChI=1S/C22H31N6O5P/c1-14-7-15(2)9-18(8-14)33-34(29,27-17(4)22-30-5-6-31-22)13-32-16(3)10-28-12-26-19-20(23)24-11-25-21(19)28/h7-9,11-12,16-17,22H,5-6,10,13H2,1-4H3,(H,27,29)(H2,23,24,25). The Kier molecular flexibility index (Phi) is 7.49. The van der Waals surface area contributed by atoms with Gasteiger partial charge < -0.3 is 29.0 Å². The predicted molar refractivity (Wildman–Crippen MR) is 128 cm³/mol. The molecule has 0 spiro atoms. The van der Waals surface area contributed by atoms with Crippen LogP contribution in [-0.4, -0.2) is 57.5 Å². The summed E-state index contributed by atoms with van der Waals surface area (Å²) >= 11 is 0. The first kappa shape index (κ1) is 24.6. The maximum Gasteiger partial charge on any atom is 0.342 e. The van der Waals surface area contributed by atoms with Gasteiger partial charge in [-0.15, -0.1) is 0 Å². The first-order chi connectivity index (χ1) is 16.2. The zero-order valence-electron chi connectivity index (χ0n) is 19.8. The molecule has 0 radical (unpaired) electrons. The van der Waals surface area contributed by atoms with Crippen LogP contribution in [0.25, 0.3) is 11.2 Å². The first-order valence-corrected chi connectivity index (χ1v) is 12.9. The molecule has 1 fully saturated rings. The van der Waals surface area contributed by atoms with Crippen molar-refractivity contribution in [3.05, 3.63) is 42.0 Å². The zero-order chi connectivity index (χ0) is 24.3. The molecule has 1 aromatic carbocycles. The van der Waals surface area contributed by atoms with Crippen LogP contribution in [0.1, 0.15) is 25.0 Å². The summed E-state index contributed by atoms with van der Waals surface area (Å²) in [6.45, 7) is 9.08. The van der Waals surface area contributed by atoms with Crippen LogP contribution in [0.5, 0.6) is 5.75 Å². The molecular formula is C22H31N6O5P. The largest absolute Gasteiger partial charge is 0.431 e. The summed E-state index contributed by atoms with van der Waals surface area (Å²) in [7, 11) is -3.49. The van der Waals surface area contributed by atoms with E-state index in [0.717, 1.165) is 11.1 Å². The molecule has 1 saturated heterocycles. The quantitative estimate of drug-likeness (QED) is 0.408. The van der Waals surface area contributed by atoms with Crippen LogP contribution in [0.3, 0.4) is 0 Å². The molecule has 184 valence electrons. The van der Waals surface area contributed by atoms with E-state index in [9.17, 15) is 4.57 Å². The van der Waals surface area contributed by atoms with Gasteiger partial charge in [0.25, 0.3) is 0 Å². The minimum atomic E-state index is -3.49. The summed E-state index contributed by atoms with van der Waals surface area (Å²) in [6, 6.07) is 5.35. The minimum absolute atomic E-state index is 0.151. The molecule has 3 heterocycles. The van der Waals surface area contributed by atoms with Gasteiger partial charge in [-0.3, -0.25) is 4.57 Å². The Bertz CT molecular complexity index is 1160. The smallest absolute Gasteiger partial charge is 0.342 e. The van der Waals surface area contributed by atoms with Crippen LogP contribution in [0, 0.1) is 13.8 Å². The second kappa shape index (κ2) is 10.4. The second-order valence-electron chi connectivity index (χ2n) is 8.55. The summed E-state index contributed by atoms with van der Waals surface area (Å²) < 4.78 is 38.9. The van der Waals surface area contributed by atoms with Gasteiger partial charge in [0.1, 0.15) is 23.9 Å². The molecule has 0 bridgehead atoms. The monoisotopic (exact) mass is 490 g/mol. The molecule has 11 nitrogen and oxygen atoms in total. The molecule has 34 heavy (non-hydrogen) atoms. The van der Waals surface area contributed by atoms with E-state index in [2.05, 4.69) is 20.0 Å². The molecule has 1 aliphatic rings. The van der Waals surface area contributed by atoms with Gasteiger partial charge in [0, 0.05) is 0 Å². The van der Waals surface area contributed by atoms with Gasteiger partial charge in [0.15, 0.2) is 17.8 Å². The summed E-state index contributed by atoms with van der Waals surface area (Å²) in [6.07, 6.45) is 2.06. The lowest BCUT2D eigenvalue weighted by Crippen LogP contribution is -2.38. The van der Waals surface area contributed by atoms with Crippen molar-refractivity contribution in [2.75, 3.05) is 25.3 Å². The fourth-order valence-corrected chi connectivity index (χ4v) is 5.69. The van der Waals surface area contributed by atoms with E-state index in [-0.39, 0.29) is 18.5 Å². The third kappa shape index (κ3) is 5.92. The lowest BCUT2D eigenvalue weighted by Gasteiger charge is -2.27.